The van der Waals surface area contributed by atoms with Gasteiger partial charge in [0, 0.05) is 6.04 Å². The number of likely N-dealkylation sites (tertiary alicyclic amines) is 1. The van der Waals surface area contributed by atoms with Crippen LogP contribution in [-0.4, -0.2) is 25.0 Å². The fourth-order valence-electron chi connectivity index (χ4n) is 2.89. The fourth-order valence-corrected chi connectivity index (χ4v) is 3.20. The summed E-state index contributed by atoms with van der Waals surface area (Å²) in [5.74, 6) is 0.495. The van der Waals surface area contributed by atoms with Crippen molar-refractivity contribution >= 4 is 23.2 Å². The molecule has 0 amide bonds. The van der Waals surface area contributed by atoms with Gasteiger partial charge in [-0.2, -0.15) is 0 Å². The third kappa shape index (κ3) is 3.00. The average Bonchev–Trinajstić information content (AvgIpc) is 2.54. The monoisotopic (exact) mass is 286 g/mol. The number of nitrogens with zero attached hydrogens (tertiary/aromatic N) is 1. The number of halogens is 2. The molecule has 0 aromatic heterocycles. The van der Waals surface area contributed by atoms with E-state index in [0.29, 0.717) is 22.0 Å². The van der Waals surface area contributed by atoms with Gasteiger partial charge < -0.3 is 5.73 Å². The summed E-state index contributed by atoms with van der Waals surface area (Å²) in [6.45, 7) is 1.83. The highest BCUT2D eigenvalue weighted by Gasteiger charge is 2.28. The molecule has 1 aliphatic rings. The second-order valence-corrected chi connectivity index (χ2v) is 5.90. The Morgan fingerprint density at radius 3 is 2.72 bits per heavy atom. The van der Waals surface area contributed by atoms with Gasteiger partial charge in [0.15, 0.2) is 0 Å². The van der Waals surface area contributed by atoms with E-state index < -0.39 is 0 Å². The highest BCUT2D eigenvalue weighted by Crippen LogP contribution is 2.36. The zero-order valence-corrected chi connectivity index (χ0v) is 12.2. The first-order chi connectivity index (χ1) is 8.63. The number of nitrogens with two attached hydrogens (primary N) is 1. The van der Waals surface area contributed by atoms with Crippen molar-refractivity contribution in [3.8, 4) is 0 Å². The number of hydrogen-bond donors (Lipinski definition) is 1. The van der Waals surface area contributed by atoms with Crippen LogP contribution in [0.5, 0.6) is 0 Å². The van der Waals surface area contributed by atoms with E-state index in [1.54, 1.807) is 0 Å². The van der Waals surface area contributed by atoms with Crippen molar-refractivity contribution in [1.29, 1.82) is 0 Å². The summed E-state index contributed by atoms with van der Waals surface area (Å²) >= 11 is 12.1. The van der Waals surface area contributed by atoms with E-state index in [0.717, 1.165) is 13.1 Å². The largest absolute Gasteiger partial charge is 0.330 e. The van der Waals surface area contributed by atoms with Crippen LogP contribution in [0.25, 0.3) is 0 Å². The molecule has 1 aromatic rings. The summed E-state index contributed by atoms with van der Waals surface area (Å²) in [5, 5.41) is 1.24. The Bertz CT molecular complexity index is 409. The average molecular weight is 287 g/mol. The van der Waals surface area contributed by atoms with Gasteiger partial charge >= 0.3 is 0 Å². The molecule has 2 unspecified atom stereocenters. The van der Waals surface area contributed by atoms with Gasteiger partial charge in [-0.15, -0.1) is 0 Å². The SMILES string of the molecule is CN1CCCCC(CN)C1c1ccc(Cl)c(Cl)c1. The summed E-state index contributed by atoms with van der Waals surface area (Å²) in [4.78, 5) is 2.39. The summed E-state index contributed by atoms with van der Waals surface area (Å²) in [6.07, 6.45) is 3.68. The molecule has 0 radical (unpaired) electrons. The van der Waals surface area contributed by atoms with E-state index in [1.807, 2.05) is 12.1 Å². The van der Waals surface area contributed by atoms with Crippen molar-refractivity contribution in [2.75, 3.05) is 20.1 Å². The van der Waals surface area contributed by atoms with Crippen molar-refractivity contribution in [3.05, 3.63) is 33.8 Å². The van der Waals surface area contributed by atoms with Gasteiger partial charge in [-0.1, -0.05) is 35.7 Å². The Balaban J connectivity index is 2.33. The van der Waals surface area contributed by atoms with Crippen LogP contribution in [-0.2, 0) is 0 Å². The molecule has 4 heteroatoms. The van der Waals surface area contributed by atoms with Crippen LogP contribution in [0.4, 0.5) is 0 Å². The quantitative estimate of drug-likeness (QED) is 0.898. The predicted molar refractivity (Wildman–Crippen MR) is 78.2 cm³/mol. The zero-order valence-electron chi connectivity index (χ0n) is 10.7. The van der Waals surface area contributed by atoms with Gasteiger partial charge in [0.05, 0.1) is 10.0 Å². The van der Waals surface area contributed by atoms with E-state index in [4.69, 9.17) is 28.9 Å². The summed E-state index contributed by atoms with van der Waals surface area (Å²) in [7, 11) is 2.17. The van der Waals surface area contributed by atoms with Gasteiger partial charge in [-0.25, -0.2) is 0 Å². The molecule has 18 heavy (non-hydrogen) atoms. The molecule has 1 heterocycles. The van der Waals surface area contributed by atoms with E-state index in [1.165, 1.54) is 24.8 Å². The predicted octanol–water partition coefficient (Wildman–Crippen LogP) is 3.73. The van der Waals surface area contributed by atoms with Crippen LogP contribution in [0.1, 0.15) is 30.9 Å². The number of rotatable bonds is 2. The van der Waals surface area contributed by atoms with Crippen molar-refractivity contribution in [3.63, 3.8) is 0 Å². The maximum atomic E-state index is 6.13. The topological polar surface area (TPSA) is 29.3 Å². The first kappa shape index (κ1) is 14.1. The Morgan fingerprint density at radius 1 is 1.28 bits per heavy atom. The smallest absolute Gasteiger partial charge is 0.0595 e. The number of hydrogen-bond acceptors (Lipinski definition) is 2. The minimum atomic E-state index is 0.354. The lowest BCUT2D eigenvalue weighted by atomic mass is 9.89. The summed E-state index contributed by atoms with van der Waals surface area (Å²) in [5.41, 5.74) is 7.17. The molecular formula is C14H20Cl2N2. The van der Waals surface area contributed by atoms with E-state index in [9.17, 15) is 0 Å². The Labute approximate surface area is 119 Å². The Kier molecular flexibility index (Phi) is 4.91. The molecule has 1 saturated heterocycles. The van der Waals surface area contributed by atoms with Crippen molar-refractivity contribution in [2.45, 2.75) is 25.3 Å². The third-order valence-corrected chi connectivity index (χ3v) is 4.58. The summed E-state index contributed by atoms with van der Waals surface area (Å²) in [6, 6.07) is 6.29. The molecule has 0 bridgehead atoms. The van der Waals surface area contributed by atoms with Gasteiger partial charge in [0.25, 0.3) is 0 Å². The first-order valence-corrected chi connectivity index (χ1v) is 7.24. The minimum Gasteiger partial charge on any atom is -0.330 e. The molecule has 1 aliphatic heterocycles. The normalized spacial score (nSPS) is 26.0. The van der Waals surface area contributed by atoms with E-state index in [2.05, 4.69) is 18.0 Å². The standard InChI is InChI=1S/C14H20Cl2N2/c1-18-7-3-2-4-11(9-17)14(18)10-5-6-12(15)13(16)8-10/h5-6,8,11,14H,2-4,7,9,17H2,1H3. The Hall–Kier alpha value is -0.280. The maximum Gasteiger partial charge on any atom is 0.0595 e. The van der Waals surface area contributed by atoms with Crippen LogP contribution < -0.4 is 5.73 Å². The van der Waals surface area contributed by atoms with Gasteiger partial charge in [0.2, 0.25) is 0 Å². The zero-order chi connectivity index (χ0) is 13.1. The lowest BCUT2D eigenvalue weighted by Gasteiger charge is -2.32. The van der Waals surface area contributed by atoms with Crippen molar-refractivity contribution in [1.82, 2.24) is 4.90 Å². The number of benzene rings is 1. The second-order valence-electron chi connectivity index (χ2n) is 5.09. The van der Waals surface area contributed by atoms with Gasteiger partial charge in [0.1, 0.15) is 0 Å². The Morgan fingerprint density at radius 2 is 2.06 bits per heavy atom. The molecule has 1 fully saturated rings. The third-order valence-electron chi connectivity index (χ3n) is 3.85. The van der Waals surface area contributed by atoms with Gasteiger partial charge in [-0.05, 0) is 56.6 Å². The van der Waals surface area contributed by atoms with Crippen molar-refractivity contribution in [2.24, 2.45) is 11.7 Å². The van der Waals surface area contributed by atoms with Crippen LogP contribution >= 0.6 is 23.2 Å². The maximum absolute atomic E-state index is 6.13. The molecule has 100 valence electrons. The van der Waals surface area contributed by atoms with Crippen molar-refractivity contribution < 1.29 is 0 Å². The highest BCUT2D eigenvalue weighted by atomic mass is 35.5. The molecule has 0 saturated carbocycles. The molecule has 0 aliphatic carbocycles. The minimum absolute atomic E-state index is 0.354. The first-order valence-electron chi connectivity index (χ1n) is 6.48. The van der Waals surface area contributed by atoms with E-state index >= 15 is 0 Å². The van der Waals surface area contributed by atoms with Crippen LogP contribution in [0.15, 0.2) is 18.2 Å². The molecule has 2 N–H and O–H groups in total. The summed E-state index contributed by atoms with van der Waals surface area (Å²) < 4.78 is 0. The lowest BCUT2D eigenvalue weighted by molar-refractivity contribution is 0.196. The van der Waals surface area contributed by atoms with Crippen LogP contribution in [0, 0.1) is 5.92 Å². The molecule has 2 rings (SSSR count). The van der Waals surface area contributed by atoms with Gasteiger partial charge in [-0.3, -0.25) is 4.90 Å². The van der Waals surface area contributed by atoms with E-state index in [-0.39, 0.29) is 0 Å². The van der Waals surface area contributed by atoms with Crippen LogP contribution in [0.3, 0.4) is 0 Å². The molecule has 1 aromatic carbocycles. The molecule has 2 nitrogen and oxygen atoms in total. The highest BCUT2D eigenvalue weighted by molar-refractivity contribution is 6.42. The fraction of sp³-hybridized carbons (Fsp3) is 0.571. The molecular weight excluding hydrogens is 267 g/mol. The van der Waals surface area contributed by atoms with Crippen LogP contribution in [0.2, 0.25) is 10.0 Å². The second kappa shape index (κ2) is 6.25. The molecule has 0 spiro atoms. The lowest BCUT2D eigenvalue weighted by Crippen LogP contribution is -2.32. The molecule has 2 atom stereocenters.